The molecule has 3 rings (SSSR count). The number of likely N-dealkylation sites (N-methyl/N-ethyl adjacent to an activating group) is 1. The van der Waals surface area contributed by atoms with E-state index in [0.29, 0.717) is 13.1 Å². The maximum atomic E-state index is 12.5. The molecule has 0 radical (unpaired) electrons. The largest absolute Gasteiger partial charge is 0.497 e. The zero-order valence-electron chi connectivity index (χ0n) is 13.7. The third-order valence-corrected chi connectivity index (χ3v) is 4.84. The molecule has 1 N–H and O–H groups in total. The van der Waals surface area contributed by atoms with Crippen molar-refractivity contribution in [2.45, 2.75) is 31.9 Å². The van der Waals surface area contributed by atoms with Crippen LogP contribution in [0.15, 0.2) is 30.5 Å². The number of aliphatic hydroxyl groups excluding tert-OH is 1. The van der Waals surface area contributed by atoms with Crippen LogP contribution < -0.4 is 4.74 Å². The second kappa shape index (κ2) is 6.62. The summed E-state index contributed by atoms with van der Waals surface area (Å²) in [6, 6.07) is 7.84. The highest BCUT2D eigenvalue weighted by atomic mass is 16.5. The Bertz CT molecular complexity index is 695. The van der Waals surface area contributed by atoms with E-state index in [-0.39, 0.29) is 17.9 Å². The van der Waals surface area contributed by atoms with Gasteiger partial charge in [-0.15, -0.1) is 0 Å². The fraction of sp³-hybridized carbons (Fsp3) is 0.500. The van der Waals surface area contributed by atoms with Gasteiger partial charge in [0.05, 0.1) is 13.2 Å². The lowest BCUT2D eigenvalue weighted by Crippen LogP contribution is -2.36. The van der Waals surface area contributed by atoms with E-state index in [4.69, 9.17) is 4.74 Å². The minimum atomic E-state index is -0.259. The summed E-state index contributed by atoms with van der Waals surface area (Å²) in [5, 5.41) is 11.0. The van der Waals surface area contributed by atoms with Gasteiger partial charge in [0, 0.05) is 36.6 Å². The molecule has 1 saturated carbocycles. The summed E-state index contributed by atoms with van der Waals surface area (Å²) in [5.41, 5.74) is 1.02. The highest BCUT2D eigenvalue weighted by Crippen LogP contribution is 2.26. The molecule has 0 bridgehead atoms. The number of fused-ring (bicyclic) bond motifs is 1. The first kappa shape index (κ1) is 15.9. The molecule has 5 nitrogen and oxygen atoms in total. The molecule has 1 aromatic carbocycles. The van der Waals surface area contributed by atoms with Crippen LogP contribution in [-0.4, -0.2) is 47.3 Å². The van der Waals surface area contributed by atoms with Gasteiger partial charge in [-0.2, -0.15) is 0 Å². The molecule has 2 unspecified atom stereocenters. The van der Waals surface area contributed by atoms with E-state index >= 15 is 0 Å². The molecular formula is C18H24N2O3. The molecule has 1 fully saturated rings. The van der Waals surface area contributed by atoms with Gasteiger partial charge < -0.3 is 19.3 Å². The van der Waals surface area contributed by atoms with Crippen LogP contribution in [0.5, 0.6) is 5.75 Å². The quantitative estimate of drug-likeness (QED) is 0.920. The minimum Gasteiger partial charge on any atom is -0.497 e. The Hall–Kier alpha value is -2.01. The average molecular weight is 316 g/mol. The van der Waals surface area contributed by atoms with E-state index in [1.54, 1.807) is 12.0 Å². The number of methoxy groups -OCH3 is 1. The van der Waals surface area contributed by atoms with Crippen molar-refractivity contribution < 1.29 is 14.6 Å². The van der Waals surface area contributed by atoms with E-state index in [1.165, 1.54) is 0 Å². The van der Waals surface area contributed by atoms with Crippen molar-refractivity contribution in [3.8, 4) is 5.75 Å². The second-order valence-electron chi connectivity index (χ2n) is 6.40. The van der Waals surface area contributed by atoms with E-state index < -0.39 is 0 Å². The van der Waals surface area contributed by atoms with Crippen molar-refractivity contribution in [3.63, 3.8) is 0 Å². The first-order chi connectivity index (χ1) is 11.1. The predicted molar refractivity (Wildman–Crippen MR) is 89.5 cm³/mol. The number of aliphatic hydroxyl groups is 1. The Kier molecular flexibility index (Phi) is 4.57. The first-order valence-electron chi connectivity index (χ1n) is 8.13. The third-order valence-electron chi connectivity index (χ3n) is 4.84. The third kappa shape index (κ3) is 3.34. The fourth-order valence-corrected chi connectivity index (χ4v) is 3.39. The lowest BCUT2D eigenvalue weighted by Gasteiger charge is -2.23. The standard InChI is InChI=1S/C18H24N2O3/c1-19(11-14-4-3-5-17(14)21)18(22)12-20-9-8-13-10-15(23-2)6-7-16(13)20/h6-10,14,17,21H,3-5,11-12H2,1-2H3. The zero-order chi connectivity index (χ0) is 16.4. The van der Waals surface area contributed by atoms with Gasteiger partial charge in [-0.25, -0.2) is 0 Å². The van der Waals surface area contributed by atoms with Crippen molar-refractivity contribution in [3.05, 3.63) is 30.5 Å². The van der Waals surface area contributed by atoms with Gasteiger partial charge in [-0.3, -0.25) is 4.79 Å². The fourth-order valence-electron chi connectivity index (χ4n) is 3.39. The highest BCUT2D eigenvalue weighted by molar-refractivity contribution is 5.84. The van der Waals surface area contributed by atoms with Crippen molar-refractivity contribution in [1.82, 2.24) is 9.47 Å². The number of carbonyl (C=O) groups excluding carboxylic acids is 1. The number of hydrogen-bond acceptors (Lipinski definition) is 3. The van der Waals surface area contributed by atoms with Gasteiger partial charge in [0.25, 0.3) is 0 Å². The zero-order valence-corrected chi connectivity index (χ0v) is 13.7. The molecule has 2 aromatic rings. The van der Waals surface area contributed by atoms with Crippen LogP contribution in [-0.2, 0) is 11.3 Å². The van der Waals surface area contributed by atoms with Gasteiger partial charge in [0.1, 0.15) is 12.3 Å². The SMILES string of the molecule is COc1ccc2c(ccn2CC(=O)N(C)CC2CCCC2O)c1. The Morgan fingerprint density at radius 2 is 2.22 bits per heavy atom. The maximum Gasteiger partial charge on any atom is 0.242 e. The Morgan fingerprint density at radius 3 is 2.91 bits per heavy atom. The summed E-state index contributed by atoms with van der Waals surface area (Å²) < 4.78 is 7.18. The molecule has 23 heavy (non-hydrogen) atoms. The van der Waals surface area contributed by atoms with Crippen LogP contribution in [0.4, 0.5) is 0 Å². The molecule has 0 spiro atoms. The summed E-state index contributed by atoms with van der Waals surface area (Å²) in [6.45, 7) is 0.947. The van der Waals surface area contributed by atoms with Gasteiger partial charge in [0.2, 0.25) is 5.91 Å². The number of ether oxygens (including phenoxy) is 1. The van der Waals surface area contributed by atoms with Crippen LogP contribution in [0.1, 0.15) is 19.3 Å². The number of nitrogens with zero attached hydrogens (tertiary/aromatic N) is 2. The monoisotopic (exact) mass is 316 g/mol. The van der Waals surface area contributed by atoms with Gasteiger partial charge in [0.15, 0.2) is 0 Å². The molecule has 5 heteroatoms. The van der Waals surface area contributed by atoms with Crippen LogP contribution in [0.2, 0.25) is 0 Å². The Balaban J connectivity index is 1.67. The van der Waals surface area contributed by atoms with E-state index in [9.17, 15) is 9.90 Å². The highest BCUT2D eigenvalue weighted by Gasteiger charge is 2.27. The van der Waals surface area contributed by atoms with Gasteiger partial charge >= 0.3 is 0 Å². The maximum absolute atomic E-state index is 12.5. The van der Waals surface area contributed by atoms with Crippen molar-refractivity contribution in [1.29, 1.82) is 0 Å². The van der Waals surface area contributed by atoms with Crippen molar-refractivity contribution >= 4 is 16.8 Å². The predicted octanol–water partition coefficient (Wildman–Crippen LogP) is 2.27. The summed E-state index contributed by atoms with van der Waals surface area (Å²) in [4.78, 5) is 14.2. The summed E-state index contributed by atoms with van der Waals surface area (Å²) in [7, 11) is 3.47. The number of benzene rings is 1. The lowest BCUT2D eigenvalue weighted by molar-refractivity contribution is -0.131. The van der Waals surface area contributed by atoms with Gasteiger partial charge in [-0.05, 0) is 37.1 Å². The van der Waals surface area contributed by atoms with Crippen LogP contribution in [0.3, 0.4) is 0 Å². The normalized spacial score (nSPS) is 20.8. The molecule has 1 heterocycles. The van der Waals surface area contributed by atoms with Crippen molar-refractivity contribution in [2.24, 2.45) is 5.92 Å². The number of aromatic nitrogens is 1. The Labute approximate surface area is 136 Å². The lowest BCUT2D eigenvalue weighted by atomic mass is 10.1. The number of amides is 1. The van der Waals surface area contributed by atoms with Crippen LogP contribution in [0.25, 0.3) is 10.9 Å². The van der Waals surface area contributed by atoms with E-state index in [2.05, 4.69) is 0 Å². The molecule has 1 aliphatic carbocycles. The number of rotatable bonds is 5. The summed E-state index contributed by atoms with van der Waals surface area (Å²) in [6.07, 6.45) is 4.59. The second-order valence-corrected chi connectivity index (χ2v) is 6.40. The molecule has 1 amide bonds. The summed E-state index contributed by atoms with van der Waals surface area (Å²) in [5.74, 6) is 1.10. The van der Waals surface area contributed by atoms with Gasteiger partial charge in [-0.1, -0.05) is 6.42 Å². The van der Waals surface area contributed by atoms with E-state index in [0.717, 1.165) is 35.9 Å². The Morgan fingerprint density at radius 1 is 1.39 bits per heavy atom. The smallest absolute Gasteiger partial charge is 0.242 e. The number of carbonyl (C=O) groups is 1. The first-order valence-corrected chi connectivity index (χ1v) is 8.13. The summed E-state index contributed by atoms with van der Waals surface area (Å²) >= 11 is 0. The molecular weight excluding hydrogens is 292 g/mol. The molecule has 2 atom stereocenters. The van der Waals surface area contributed by atoms with Crippen LogP contribution >= 0.6 is 0 Å². The molecule has 1 aliphatic rings. The average Bonchev–Trinajstić information content (AvgIpc) is 3.13. The molecule has 0 saturated heterocycles. The molecule has 1 aromatic heterocycles. The minimum absolute atomic E-state index is 0.0671. The van der Waals surface area contributed by atoms with E-state index in [1.807, 2.05) is 42.1 Å². The molecule has 124 valence electrons. The number of hydrogen-bond donors (Lipinski definition) is 1. The van der Waals surface area contributed by atoms with Crippen LogP contribution in [0, 0.1) is 5.92 Å². The molecule has 0 aliphatic heterocycles. The topological polar surface area (TPSA) is 54.7 Å². The van der Waals surface area contributed by atoms with Crippen molar-refractivity contribution in [2.75, 3.05) is 20.7 Å².